The Labute approximate surface area is 132 Å². The van der Waals surface area contributed by atoms with Gasteiger partial charge < -0.3 is 0 Å². The van der Waals surface area contributed by atoms with Crippen molar-refractivity contribution in [3.8, 4) is 6.07 Å². The van der Waals surface area contributed by atoms with Crippen LogP contribution in [0.2, 0.25) is 5.02 Å². The summed E-state index contributed by atoms with van der Waals surface area (Å²) in [5.74, 6) is -0.619. The highest BCUT2D eigenvalue weighted by molar-refractivity contribution is 9.11. The van der Waals surface area contributed by atoms with Crippen molar-refractivity contribution in [3.05, 3.63) is 44.5 Å². The van der Waals surface area contributed by atoms with Crippen molar-refractivity contribution < 1.29 is 12.8 Å². The van der Waals surface area contributed by atoms with Crippen LogP contribution >= 0.6 is 38.9 Å². The molecular formula is C11H5BrClFN2O2S2. The van der Waals surface area contributed by atoms with Crippen molar-refractivity contribution in [1.29, 1.82) is 5.26 Å². The first kappa shape index (κ1) is 15.3. The zero-order valence-electron chi connectivity index (χ0n) is 9.52. The summed E-state index contributed by atoms with van der Waals surface area (Å²) >= 11 is 9.85. The molecule has 1 N–H and O–H groups in total. The molecule has 0 amide bonds. The third-order valence-corrected chi connectivity index (χ3v) is 6.55. The first-order valence-corrected chi connectivity index (χ1v) is 8.48. The van der Waals surface area contributed by atoms with Crippen molar-refractivity contribution in [3.63, 3.8) is 0 Å². The van der Waals surface area contributed by atoms with Crippen LogP contribution in [-0.2, 0) is 10.0 Å². The maximum Gasteiger partial charge on any atom is 0.271 e. The van der Waals surface area contributed by atoms with Crippen molar-refractivity contribution in [1.82, 2.24) is 0 Å². The number of rotatable bonds is 3. The molecule has 0 aliphatic carbocycles. The fourth-order valence-electron chi connectivity index (χ4n) is 1.35. The average molecular weight is 396 g/mol. The van der Waals surface area contributed by atoms with E-state index in [1.165, 1.54) is 12.1 Å². The molecular weight excluding hydrogens is 391 g/mol. The van der Waals surface area contributed by atoms with Gasteiger partial charge in [0, 0.05) is 0 Å². The zero-order valence-corrected chi connectivity index (χ0v) is 13.5. The van der Waals surface area contributed by atoms with Crippen LogP contribution in [-0.4, -0.2) is 8.42 Å². The van der Waals surface area contributed by atoms with E-state index in [1.54, 1.807) is 6.07 Å². The maximum atomic E-state index is 13.0. The van der Waals surface area contributed by atoms with Gasteiger partial charge in [-0.05, 0) is 40.2 Å². The number of hydrogen-bond donors (Lipinski definition) is 1. The molecule has 4 nitrogen and oxygen atoms in total. The molecule has 2 aromatic rings. The molecule has 0 unspecified atom stereocenters. The summed E-state index contributed by atoms with van der Waals surface area (Å²) in [5.41, 5.74) is -0.0927. The van der Waals surface area contributed by atoms with Gasteiger partial charge in [0.25, 0.3) is 10.0 Å². The van der Waals surface area contributed by atoms with Gasteiger partial charge in [0.05, 0.1) is 20.1 Å². The first-order valence-electron chi connectivity index (χ1n) is 5.01. The second-order valence-electron chi connectivity index (χ2n) is 3.59. The summed E-state index contributed by atoms with van der Waals surface area (Å²) in [6.45, 7) is 0. The summed E-state index contributed by atoms with van der Waals surface area (Å²) in [4.78, 5) is 0. The second kappa shape index (κ2) is 5.69. The smallest absolute Gasteiger partial charge is 0.271 e. The van der Waals surface area contributed by atoms with Gasteiger partial charge in [0.2, 0.25) is 0 Å². The SMILES string of the molecule is N#Cc1cc(F)ccc1NS(=O)(=O)c1cc(Cl)c(Br)s1. The Kier molecular flexibility index (Phi) is 4.34. The quantitative estimate of drug-likeness (QED) is 0.854. The number of nitrogens with zero attached hydrogens (tertiary/aromatic N) is 1. The number of thiophene rings is 1. The van der Waals surface area contributed by atoms with Gasteiger partial charge in [-0.25, -0.2) is 12.8 Å². The van der Waals surface area contributed by atoms with Gasteiger partial charge >= 0.3 is 0 Å². The number of nitriles is 1. The largest absolute Gasteiger partial charge is 0.278 e. The molecule has 0 aliphatic rings. The highest BCUT2D eigenvalue weighted by Crippen LogP contribution is 2.35. The number of sulfonamides is 1. The Balaban J connectivity index is 2.41. The van der Waals surface area contributed by atoms with Gasteiger partial charge in [0.15, 0.2) is 0 Å². The molecule has 2 rings (SSSR count). The average Bonchev–Trinajstić information content (AvgIpc) is 2.72. The molecule has 20 heavy (non-hydrogen) atoms. The molecule has 1 aromatic carbocycles. The van der Waals surface area contributed by atoms with Gasteiger partial charge in [-0.15, -0.1) is 11.3 Å². The monoisotopic (exact) mass is 394 g/mol. The van der Waals surface area contributed by atoms with Crippen LogP contribution < -0.4 is 4.72 Å². The second-order valence-corrected chi connectivity index (χ2v) is 8.28. The molecule has 0 atom stereocenters. The minimum absolute atomic E-state index is 0.00884. The summed E-state index contributed by atoms with van der Waals surface area (Å²) < 4.78 is 40.0. The van der Waals surface area contributed by atoms with Crippen molar-refractivity contribution in [2.45, 2.75) is 4.21 Å². The fraction of sp³-hybridized carbons (Fsp3) is 0. The lowest BCUT2D eigenvalue weighted by Gasteiger charge is -2.07. The van der Waals surface area contributed by atoms with Crippen LogP contribution in [0.15, 0.2) is 32.3 Å². The maximum absolute atomic E-state index is 13.0. The standard InChI is InChI=1S/C11H5BrClFN2O2S2/c12-11-8(13)4-10(19-11)20(17,18)16-9-2-1-7(14)3-6(9)5-15/h1-4,16H. The van der Waals surface area contributed by atoms with Gasteiger partial charge in [-0.1, -0.05) is 11.6 Å². The number of benzene rings is 1. The number of nitrogens with one attached hydrogen (secondary N) is 1. The van der Waals surface area contributed by atoms with Gasteiger partial charge in [0.1, 0.15) is 16.1 Å². The molecule has 0 aliphatic heterocycles. The van der Waals surface area contributed by atoms with Crippen LogP contribution in [0.3, 0.4) is 0 Å². The molecule has 0 saturated heterocycles. The number of anilines is 1. The molecule has 1 heterocycles. The third kappa shape index (κ3) is 3.12. The topological polar surface area (TPSA) is 70.0 Å². The summed E-state index contributed by atoms with van der Waals surface area (Å²) in [6.07, 6.45) is 0. The molecule has 1 aromatic heterocycles. The third-order valence-electron chi connectivity index (χ3n) is 2.23. The van der Waals surface area contributed by atoms with Gasteiger partial charge in [-0.3, -0.25) is 4.72 Å². The van der Waals surface area contributed by atoms with E-state index in [9.17, 15) is 12.8 Å². The molecule has 0 spiro atoms. The molecule has 0 radical (unpaired) electrons. The van der Waals surface area contributed by atoms with Crippen LogP contribution in [0.4, 0.5) is 10.1 Å². The van der Waals surface area contributed by atoms with E-state index in [4.69, 9.17) is 16.9 Å². The van der Waals surface area contributed by atoms with Crippen molar-refractivity contribution >= 4 is 54.6 Å². The molecule has 0 bridgehead atoms. The van der Waals surface area contributed by atoms with E-state index >= 15 is 0 Å². The van der Waals surface area contributed by atoms with Crippen LogP contribution in [0.1, 0.15) is 5.56 Å². The minimum atomic E-state index is -3.88. The number of hydrogen-bond acceptors (Lipinski definition) is 4. The van der Waals surface area contributed by atoms with Gasteiger partial charge in [-0.2, -0.15) is 5.26 Å². The van der Waals surface area contributed by atoms with Crippen molar-refractivity contribution in [2.24, 2.45) is 0 Å². The van der Waals surface area contributed by atoms with E-state index in [2.05, 4.69) is 20.7 Å². The Hall–Kier alpha value is -1.14. The summed E-state index contributed by atoms with van der Waals surface area (Å²) in [5, 5.41) is 9.15. The van der Waals surface area contributed by atoms with Crippen molar-refractivity contribution in [2.75, 3.05) is 4.72 Å². The fourth-order valence-corrected chi connectivity index (χ4v) is 4.83. The van der Waals surface area contributed by atoms with E-state index in [0.717, 1.165) is 23.5 Å². The Bertz CT molecular complexity index is 795. The molecule has 9 heteroatoms. The normalized spacial score (nSPS) is 11.1. The summed E-state index contributed by atoms with van der Waals surface area (Å²) in [6, 6.07) is 6.22. The zero-order chi connectivity index (χ0) is 14.9. The van der Waals surface area contributed by atoms with Crippen LogP contribution in [0.25, 0.3) is 0 Å². The lowest BCUT2D eigenvalue weighted by molar-refractivity contribution is 0.603. The lowest BCUT2D eigenvalue weighted by atomic mass is 10.2. The van der Waals surface area contributed by atoms with Crippen LogP contribution in [0.5, 0.6) is 0 Å². The Morgan fingerprint density at radius 2 is 2.10 bits per heavy atom. The Morgan fingerprint density at radius 3 is 2.65 bits per heavy atom. The first-order chi connectivity index (χ1) is 9.33. The molecule has 104 valence electrons. The predicted molar refractivity (Wildman–Crippen MR) is 79.0 cm³/mol. The molecule has 0 saturated carbocycles. The van der Waals surface area contributed by atoms with E-state index in [1.807, 2.05) is 0 Å². The summed E-state index contributed by atoms with van der Waals surface area (Å²) in [7, 11) is -3.88. The highest BCUT2D eigenvalue weighted by atomic mass is 79.9. The van der Waals surface area contributed by atoms with E-state index in [0.29, 0.717) is 3.79 Å². The lowest BCUT2D eigenvalue weighted by Crippen LogP contribution is -2.12. The Morgan fingerprint density at radius 1 is 1.40 bits per heavy atom. The van der Waals surface area contributed by atoms with Crippen LogP contribution in [0, 0.1) is 17.1 Å². The predicted octanol–water partition coefficient (Wildman–Crippen LogP) is 3.98. The van der Waals surface area contributed by atoms with E-state index in [-0.39, 0.29) is 20.5 Å². The highest BCUT2D eigenvalue weighted by Gasteiger charge is 2.20. The van der Waals surface area contributed by atoms with E-state index < -0.39 is 15.8 Å². The number of halogens is 3. The minimum Gasteiger partial charge on any atom is -0.278 e. The molecule has 0 fully saturated rings.